The lowest BCUT2D eigenvalue weighted by atomic mass is 9.54. The molecule has 2 aromatic rings. The van der Waals surface area contributed by atoms with Gasteiger partial charge in [-0.1, -0.05) is 38.1 Å². The number of aliphatic hydroxyl groups is 1. The number of aromatic nitrogens is 1. The van der Waals surface area contributed by atoms with Crippen molar-refractivity contribution in [3.8, 4) is 0 Å². The van der Waals surface area contributed by atoms with E-state index in [1.165, 1.54) is 5.39 Å². The first-order valence-corrected chi connectivity index (χ1v) is 9.18. The van der Waals surface area contributed by atoms with Gasteiger partial charge in [0.25, 0.3) is 0 Å². The van der Waals surface area contributed by atoms with Gasteiger partial charge < -0.3 is 20.6 Å². The molecule has 1 saturated carbocycles. The number of fused-ring (bicyclic) bond motifs is 1. The fourth-order valence-electron chi connectivity index (χ4n) is 4.14. The molecule has 0 spiro atoms. The summed E-state index contributed by atoms with van der Waals surface area (Å²) < 4.78 is 0. The third kappa shape index (κ3) is 2.40. The van der Waals surface area contributed by atoms with Crippen LogP contribution >= 0.6 is 0 Å². The molecule has 138 valence electrons. The Morgan fingerprint density at radius 1 is 1.19 bits per heavy atom. The molecule has 2 fully saturated rings. The van der Waals surface area contributed by atoms with Gasteiger partial charge in [0.05, 0.1) is 18.0 Å². The third-order valence-electron chi connectivity index (χ3n) is 6.43. The van der Waals surface area contributed by atoms with E-state index in [1.807, 2.05) is 43.3 Å². The van der Waals surface area contributed by atoms with E-state index in [1.54, 1.807) is 0 Å². The van der Waals surface area contributed by atoms with Crippen LogP contribution in [0.2, 0.25) is 0 Å². The number of benzene rings is 1. The van der Waals surface area contributed by atoms with Crippen LogP contribution in [0, 0.1) is 5.41 Å². The van der Waals surface area contributed by atoms with Gasteiger partial charge in [-0.3, -0.25) is 9.78 Å². The molecule has 1 amide bonds. The van der Waals surface area contributed by atoms with Crippen molar-refractivity contribution in [3.05, 3.63) is 36.7 Å². The van der Waals surface area contributed by atoms with Gasteiger partial charge in [-0.05, 0) is 0 Å². The fourth-order valence-corrected chi connectivity index (χ4v) is 4.14. The van der Waals surface area contributed by atoms with Crippen LogP contribution in [-0.2, 0) is 4.79 Å². The number of carbonyl (C=O) groups excluding carboxylic acids is 1. The van der Waals surface area contributed by atoms with Gasteiger partial charge in [-0.25, -0.2) is 0 Å². The molecular weight excluding hydrogens is 328 g/mol. The molecule has 2 aliphatic rings. The number of piperazine rings is 1. The van der Waals surface area contributed by atoms with Crippen LogP contribution in [0.25, 0.3) is 10.8 Å². The van der Waals surface area contributed by atoms with Crippen molar-refractivity contribution in [3.63, 3.8) is 0 Å². The third-order valence-corrected chi connectivity index (χ3v) is 6.43. The number of nitrogens with zero attached hydrogens (tertiary/aromatic N) is 3. The predicted molar refractivity (Wildman–Crippen MR) is 102 cm³/mol. The number of rotatable bonds is 2. The number of nitrogens with two attached hydrogens (primary N) is 1. The maximum atomic E-state index is 13.0. The normalized spacial score (nSPS) is 28.1. The summed E-state index contributed by atoms with van der Waals surface area (Å²) in [5, 5.41) is 12.3. The summed E-state index contributed by atoms with van der Waals surface area (Å²) in [5.41, 5.74) is 5.95. The van der Waals surface area contributed by atoms with Crippen LogP contribution in [0.3, 0.4) is 0 Å². The molecule has 6 heteroatoms. The minimum Gasteiger partial charge on any atom is -0.392 e. The lowest BCUT2D eigenvalue weighted by Gasteiger charge is -2.57. The van der Waals surface area contributed by atoms with Gasteiger partial charge in [0.1, 0.15) is 5.54 Å². The zero-order valence-corrected chi connectivity index (χ0v) is 15.4. The Labute approximate surface area is 153 Å². The van der Waals surface area contributed by atoms with Gasteiger partial charge in [-0.15, -0.1) is 0 Å². The van der Waals surface area contributed by atoms with Crippen molar-refractivity contribution in [1.29, 1.82) is 0 Å². The predicted octanol–water partition coefficient (Wildman–Crippen LogP) is 1.37. The molecule has 3 N–H and O–H groups in total. The number of amides is 1. The molecule has 0 radical (unpaired) electrons. The summed E-state index contributed by atoms with van der Waals surface area (Å²) in [6.07, 6.45) is 3.60. The summed E-state index contributed by atoms with van der Waals surface area (Å²) >= 11 is 0. The number of hydrogen-bond donors (Lipinski definition) is 2. The SMILES string of the molecule is CC1(C)[C@@H](O)C[C@]1(N)C(=O)N1CCN(c2cncc3ccccc23)CC1. The van der Waals surface area contributed by atoms with Crippen molar-refractivity contribution in [1.82, 2.24) is 9.88 Å². The van der Waals surface area contributed by atoms with Gasteiger partial charge in [-0.2, -0.15) is 0 Å². The highest BCUT2D eigenvalue weighted by Gasteiger charge is 2.62. The Morgan fingerprint density at radius 3 is 2.54 bits per heavy atom. The van der Waals surface area contributed by atoms with Crippen molar-refractivity contribution in [2.24, 2.45) is 11.1 Å². The molecule has 0 bridgehead atoms. The average molecular weight is 354 g/mol. The number of hydrogen-bond acceptors (Lipinski definition) is 5. The summed E-state index contributed by atoms with van der Waals surface area (Å²) in [7, 11) is 0. The quantitative estimate of drug-likeness (QED) is 0.851. The Morgan fingerprint density at radius 2 is 1.88 bits per heavy atom. The molecule has 26 heavy (non-hydrogen) atoms. The van der Waals surface area contributed by atoms with Crippen LogP contribution in [0.5, 0.6) is 0 Å². The topological polar surface area (TPSA) is 82.7 Å². The Balaban J connectivity index is 1.49. The summed E-state index contributed by atoms with van der Waals surface area (Å²) in [5.74, 6) is -0.0384. The van der Waals surface area contributed by atoms with E-state index < -0.39 is 17.1 Å². The standard InChI is InChI=1S/C20H26N4O2/c1-19(2)17(25)11-20(19,21)18(26)24-9-7-23(8-10-24)16-13-22-12-14-5-3-4-6-15(14)16/h3-6,12-13,17,25H,7-11,21H2,1-2H3/t17-,20-/m0/s1. The average Bonchev–Trinajstić information content (AvgIpc) is 2.67. The molecule has 6 nitrogen and oxygen atoms in total. The van der Waals surface area contributed by atoms with Gasteiger partial charge >= 0.3 is 0 Å². The van der Waals surface area contributed by atoms with Crippen molar-refractivity contribution in [2.45, 2.75) is 31.9 Å². The van der Waals surface area contributed by atoms with Gasteiger partial charge in [0.15, 0.2) is 0 Å². The molecular formula is C20H26N4O2. The zero-order valence-electron chi connectivity index (χ0n) is 15.4. The molecule has 1 aliphatic heterocycles. The summed E-state index contributed by atoms with van der Waals surface area (Å²) in [6.45, 7) is 6.51. The van der Waals surface area contributed by atoms with E-state index in [-0.39, 0.29) is 5.91 Å². The van der Waals surface area contributed by atoms with Crippen molar-refractivity contribution in [2.75, 3.05) is 31.1 Å². The monoisotopic (exact) mass is 354 g/mol. The first-order valence-electron chi connectivity index (χ1n) is 9.18. The first-order chi connectivity index (χ1) is 12.3. The number of carbonyl (C=O) groups is 1. The number of aliphatic hydroxyl groups excluding tert-OH is 1. The molecule has 1 aromatic heterocycles. The second kappa shape index (κ2) is 5.93. The van der Waals surface area contributed by atoms with Gasteiger partial charge in [0.2, 0.25) is 5.91 Å². The Bertz CT molecular complexity index is 839. The molecule has 1 aromatic carbocycles. The second-order valence-electron chi connectivity index (χ2n) is 8.07. The maximum absolute atomic E-state index is 13.0. The zero-order chi connectivity index (χ0) is 18.5. The second-order valence-corrected chi connectivity index (χ2v) is 8.07. The van der Waals surface area contributed by atoms with Crippen LogP contribution in [0.4, 0.5) is 5.69 Å². The molecule has 2 heterocycles. The minimum absolute atomic E-state index is 0.0384. The highest BCUT2D eigenvalue weighted by Crippen LogP contribution is 2.48. The van der Waals surface area contributed by atoms with Crippen molar-refractivity contribution >= 4 is 22.4 Å². The van der Waals surface area contributed by atoms with Crippen LogP contribution < -0.4 is 10.6 Å². The molecule has 1 saturated heterocycles. The van der Waals surface area contributed by atoms with E-state index in [4.69, 9.17) is 5.73 Å². The van der Waals surface area contributed by atoms with E-state index in [0.717, 1.165) is 24.2 Å². The first kappa shape index (κ1) is 17.2. The molecule has 4 rings (SSSR count). The van der Waals surface area contributed by atoms with E-state index >= 15 is 0 Å². The van der Waals surface area contributed by atoms with Crippen LogP contribution in [0.15, 0.2) is 36.7 Å². The van der Waals surface area contributed by atoms with Gasteiger partial charge in [0, 0.05) is 55.0 Å². The molecule has 0 unspecified atom stereocenters. The number of anilines is 1. The van der Waals surface area contributed by atoms with E-state index in [9.17, 15) is 9.90 Å². The lowest BCUT2D eigenvalue weighted by Crippen LogP contribution is -2.76. The summed E-state index contributed by atoms with van der Waals surface area (Å²) in [4.78, 5) is 21.5. The van der Waals surface area contributed by atoms with Crippen LogP contribution in [-0.4, -0.2) is 58.7 Å². The molecule has 1 aliphatic carbocycles. The fraction of sp³-hybridized carbons (Fsp3) is 0.500. The largest absolute Gasteiger partial charge is 0.392 e. The van der Waals surface area contributed by atoms with E-state index in [2.05, 4.69) is 22.0 Å². The van der Waals surface area contributed by atoms with Crippen LogP contribution in [0.1, 0.15) is 20.3 Å². The maximum Gasteiger partial charge on any atom is 0.243 e. The van der Waals surface area contributed by atoms with E-state index in [0.29, 0.717) is 19.5 Å². The smallest absolute Gasteiger partial charge is 0.243 e. The Kier molecular flexibility index (Phi) is 3.93. The number of pyridine rings is 1. The molecule has 2 atom stereocenters. The highest BCUT2D eigenvalue weighted by molar-refractivity contribution is 5.93. The lowest BCUT2D eigenvalue weighted by molar-refractivity contribution is -0.169. The Hall–Kier alpha value is -2.18. The summed E-state index contributed by atoms with van der Waals surface area (Å²) in [6, 6.07) is 8.22. The highest BCUT2D eigenvalue weighted by atomic mass is 16.3. The minimum atomic E-state index is -0.963. The van der Waals surface area contributed by atoms with Crippen molar-refractivity contribution < 1.29 is 9.90 Å².